The van der Waals surface area contributed by atoms with Gasteiger partial charge in [0.05, 0.1) is 18.0 Å². The molecule has 136 valence electrons. The van der Waals surface area contributed by atoms with E-state index in [1.165, 1.54) is 6.33 Å². The summed E-state index contributed by atoms with van der Waals surface area (Å²) in [5, 5.41) is 11.8. The fourth-order valence-corrected chi connectivity index (χ4v) is 3.26. The number of aromatic nitrogens is 6. The van der Waals surface area contributed by atoms with E-state index < -0.39 is 0 Å². The zero-order valence-electron chi connectivity index (χ0n) is 14.9. The molecule has 26 heavy (non-hydrogen) atoms. The number of ether oxygens (including phenoxy) is 1. The average Bonchev–Trinajstić information content (AvgIpc) is 3.28. The Bertz CT molecular complexity index is 962. The molecule has 4 rings (SSSR count). The summed E-state index contributed by atoms with van der Waals surface area (Å²) in [6.07, 6.45) is 2.12. The third-order valence-electron chi connectivity index (χ3n) is 4.38. The van der Waals surface area contributed by atoms with Crippen LogP contribution in [0.1, 0.15) is 17.8 Å². The minimum absolute atomic E-state index is 0.00590. The van der Waals surface area contributed by atoms with Crippen LogP contribution in [0.3, 0.4) is 0 Å². The van der Waals surface area contributed by atoms with E-state index in [1.54, 1.807) is 21.2 Å². The first-order valence-corrected chi connectivity index (χ1v) is 8.34. The van der Waals surface area contributed by atoms with Crippen molar-refractivity contribution in [2.45, 2.75) is 26.0 Å². The van der Waals surface area contributed by atoms with E-state index in [0.29, 0.717) is 31.2 Å². The molecule has 0 aliphatic carbocycles. The topological polar surface area (TPSA) is 102 Å². The van der Waals surface area contributed by atoms with E-state index in [-0.39, 0.29) is 11.9 Å². The molecule has 3 aromatic rings. The van der Waals surface area contributed by atoms with Gasteiger partial charge in [-0.3, -0.25) is 14.4 Å². The molecule has 0 spiro atoms. The molecular weight excluding hydrogens is 336 g/mol. The minimum Gasteiger partial charge on any atom is -0.378 e. The number of rotatable bonds is 5. The maximum atomic E-state index is 12.9. The van der Waals surface area contributed by atoms with E-state index in [1.807, 2.05) is 26.1 Å². The Morgan fingerprint density at radius 3 is 2.96 bits per heavy atom. The number of nitrogens with one attached hydrogen (secondary N) is 1. The molecule has 1 N–H and O–H groups in total. The number of carbonyl (C=O) groups excluding carboxylic acids is 1. The molecule has 1 amide bonds. The van der Waals surface area contributed by atoms with Gasteiger partial charge in [0.2, 0.25) is 0 Å². The van der Waals surface area contributed by atoms with Gasteiger partial charge in [-0.05, 0) is 13.3 Å². The van der Waals surface area contributed by atoms with Crippen molar-refractivity contribution < 1.29 is 9.53 Å². The summed E-state index contributed by atoms with van der Waals surface area (Å²) < 4.78 is 8.47. The highest BCUT2D eigenvalue weighted by Gasteiger charge is 2.34. The van der Waals surface area contributed by atoms with Gasteiger partial charge in [-0.15, -0.1) is 0 Å². The number of hydrogen-bond acceptors (Lipinski definition) is 7. The molecule has 10 heteroatoms. The molecule has 1 aliphatic heterocycles. The second kappa shape index (κ2) is 6.37. The Balaban J connectivity index is 1.60. The number of methoxy groups -OCH3 is 1. The zero-order valence-corrected chi connectivity index (χ0v) is 14.9. The van der Waals surface area contributed by atoms with E-state index in [9.17, 15) is 4.79 Å². The molecule has 0 saturated carbocycles. The van der Waals surface area contributed by atoms with Crippen molar-refractivity contribution in [1.29, 1.82) is 0 Å². The highest BCUT2D eigenvalue weighted by atomic mass is 16.5. The van der Waals surface area contributed by atoms with Gasteiger partial charge < -0.3 is 10.1 Å². The molecule has 0 bridgehead atoms. The number of nitrogens with zero attached hydrogens (tertiary/aromatic N) is 7. The van der Waals surface area contributed by atoms with E-state index in [2.05, 4.69) is 25.5 Å². The third-order valence-corrected chi connectivity index (χ3v) is 4.38. The number of fused-ring (bicyclic) bond motifs is 1. The largest absolute Gasteiger partial charge is 0.378 e. The lowest BCUT2D eigenvalue weighted by atomic mass is 10.2. The van der Waals surface area contributed by atoms with Gasteiger partial charge in [-0.1, -0.05) is 0 Å². The fourth-order valence-electron chi connectivity index (χ4n) is 3.26. The van der Waals surface area contributed by atoms with E-state index in [0.717, 1.165) is 17.2 Å². The molecule has 4 heterocycles. The minimum atomic E-state index is -0.351. The zero-order chi connectivity index (χ0) is 18.3. The highest BCUT2D eigenvalue weighted by Crippen LogP contribution is 2.24. The molecule has 1 unspecified atom stereocenters. The summed E-state index contributed by atoms with van der Waals surface area (Å²) in [5.74, 6) is 1.94. The first-order valence-electron chi connectivity index (χ1n) is 8.34. The van der Waals surface area contributed by atoms with Gasteiger partial charge in [0.15, 0.2) is 0 Å². The standard InChI is InChI=1S/C16H20N8O2/c1-10-6-14(22(2)21-10)23-5-4-12(15(23)25)20-13-7-11(8-26-3)19-16-17-9-18-24(13)16/h6-7,9,12,20H,4-5,8H2,1-3H3. The molecule has 1 atom stereocenters. The molecule has 1 aliphatic rings. The van der Waals surface area contributed by atoms with Crippen LogP contribution >= 0.6 is 0 Å². The summed E-state index contributed by atoms with van der Waals surface area (Å²) in [4.78, 5) is 23.2. The lowest BCUT2D eigenvalue weighted by Gasteiger charge is -2.18. The van der Waals surface area contributed by atoms with Gasteiger partial charge in [0.25, 0.3) is 11.7 Å². The Morgan fingerprint density at radius 2 is 2.23 bits per heavy atom. The second-order valence-electron chi connectivity index (χ2n) is 6.28. The maximum absolute atomic E-state index is 12.9. The summed E-state index contributed by atoms with van der Waals surface area (Å²) in [5.41, 5.74) is 1.61. The van der Waals surface area contributed by atoms with Crippen molar-refractivity contribution in [3.8, 4) is 0 Å². The van der Waals surface area contributed by atoms with E-state index in [4.69, 9.17) is 4.74 Å². The van der Waals surface area contributed by atoms with E-state index >= 15 is 0 Å². The van der Waals surface area contributed by atoms with Gasteiger partial charge in [-0.2, -0.15) is 19.7 Å². The molecule has 1 fully saturated rings. The van der Waals surface area contributed by atoms with Crippen LogP contribution in [0.4, 0.5) is 11.6 Å². The smallest absolute Gasteiger partial charge is 0.254 e. The van der Waals surface area contributed by atoms with Gasteiger partial charge in [0, 0.05) is 32.8 Å². The second-order valence-corrected chi connectivity index (χ2v) is 6.28. The summed E-state index contributed by atoms with van der Waals surface area (Å²) in [7, 11) is 3.45. The van der Waals surface area contributed by atoms with Gasteiger partial charge in [0.1, 0.15) is 24.0 Å². The molecule has 10 nitrogen and oxygen atoms in total. The monoisotopic (exact) mass is 356 g/mol. The highest BCUT2D eigenvalue weighted by molar-refractivity contribution is 6.00. The summed E-state index contributed by atoms with van der Waals surface area (Å²) >= 11 is 0. The predicted octanol–water partition coefficient (Wildman–Crippen LogP) is 0.530. The molecule has 0 aromatic carbocycles. The number of aryl methyl sites for hydroxylation is 2. The average molecular weight is 356 g/mol. The van der Waals surface area contributed by atoms with Crippen molar-refractivity contribution in [1.82, 2.24) is 29.4 Å². The lowest BCUT2D eigenvalue weighted by Crippen LogP contribution is -2.35. The Kier molecular flexibility index (Phi) is 4.03. The van der Waals surface area contributed by atoms with Gasteiger partial charge >= 0.3 is 0 Å². The number of carbonyl (C=O) groups is 1. The normalized spacial score (nSPS) is 17.4. The first kappa shape index (κ1) is 16.5. The summed E-state index contributed by atoms with van der Waals surface area (Å²) in [6, 6.07) is 3.39. The number of hydrogen-bond donors (Lipinski definition) is 1. The first-order chi connectivity index (χ1) is 12.6. The van der Waals surface area contributed by atoms with Crippen LogP contribution in [0.2, 0.25) is 0 Å². The SMILES string of the molecule is COCc1cc(NC2CCN(c3cc(C)nn3C)C2=O)n2ncnc2n1. The van der Waals surface area contributed by atoms with Crippen LogP contribution < -0.4 is 10.2 Å². The maximum Gasteiger partial charge on any atom is 0.254 e. The van der Waals surface area contributed by atoms with Crippen LogP contribution in [-0.2, 0) is 23.2 Å². The molecule has 1 saturated heterocycles. The fraction of sp³-hybridized carbons (Fsp3) is 0.438. The summed E-state index contributed by atoms with van der Waals surface area (Å²) in [6.45, 7) is 2.90. The lowest BCUT2D eigenvalue weighted by molar-refractivity contribution is -0.117. The van der Waals surface area contributed by atoms with Crippen LogP contribution in [0.25, 0.3) is 5.78 Å². The molecular formula is C16H20N8O2. The van der Waals surface area contributed by atoms with Crippen molar-refractivity contribution in [2.75, 3.05) is 23.9 Å². The number of anilines is 2. The van der Waals surface area contributed by atoms with Crippen LogP contribution in [0, 0.1) is 6.92 Å². The molecule has 0 radical (unpaired) electrons. The van der Waals surface area contributed by atoms with Crippen molar-refractivity contribution in [2.24, 2.45) is 7.05 Å². The van der Waals surface area contributed by atoms with Crippen molar-refractivity contribution in [3.05, 3.63) is 29.8 Å². The third kappa shape index (κ3) is 2.77. The number of amides is 1. The van der Waals surface area contributed by atoms with Crippen LogP contribution in [0.15, 0.2) is 18.5 Å². The quantitative estimate of drug-likeness (QED) is 0.711. The van der Waals surface area contributed by atoms with Crippen LogP contribution in [0.5, 0.6) is 0 Å². The van der Waals surface area contributed by atoms with Gasteiger partial charge in [-0.25, -0.2) is 4.98 Å². The Morgan fingerprint density at radius 1 is 1.38 bits per heavy atom. The Hall–Kier alpha value is -3.01. The Labute approximate surface area is 149 Å². The van der Waals surface area contributed by atoms with Crippen LogP contribution in [-0.4, -0.2) is 55.0 Å². The molecule has 3 aromatic heterocycles. The van der Waals surface area contributed by atoms with Crippen molar-refractivity contribution >= 4 is 23.3 Å². The predicted molar refractivity (Wildman–Crippen MR) is 93.8 cm³/mol. The van der Waals surface area contributed by atoms with Crippen molar-refractivity contribution in [3.63, 3.8) is 0 Å².